The highest BCUT2D eigenvalue weighted by atomic mass is 15.1. The van der Waals surface area contributed by atoms with E-state index in [0.717, 1.165) is 5.92 Å². The Labute approximate surface area is 83.8 Å². The summed E-state index contributed by atoms with van der Waals surface area (Å²) in [5.41, 5.74) is 0. The molecule has 0 spiro atoms. The maximum absolute atomic E-state index is 2.41. The van der Waals surface area contributed by atoms with Gasteiger partial charge in [-0.2, -0.15) is 0 Å². The normalized spacial score (nSPS) is 20.0. The van der Waals surface area contributed by atoms with Gasteiger partial charge in [0.2, 0.25) is 0 Å². The van der Waals surface area contributed by atoms with Gasteiger partial charge in [-0.1, -0.05) is 32.9 Å². The Hall–Kier alpha value is -0.300. The SMILES string of the molecule is CC.CC/C=C\C1CCN(C)CC1. The summed E-state index contributed by atoms with van der Waals surface area (Å²) in [7, 11) is 2.21. The van der Waals surface area contributed by atoms with Crippen LogP contribution in [0.2, 0.25) is 0 Å². The van der Waals surface area contributed by atoms with Crippen LogP contribution in [-0.2, 0) is 0 Å². The van der Waals surface area contributed by atoms with Crippen molar-refractivity contribution in [1.82, 2.24) is 4.90 Å². The number of rotatable bonds is 2. The number of piperidine rings is 1. The molecule has 0 aliphatic carbocycles. The maximum atomic E-state index is 2.41. The Morgan fingerprint density at radius 1 is 1.23 bits per heavy atom. The molecule has 0 N–H and O–H groups in total. The quantitative estimate of drug-likeness (QED) is 0.594. The number of hydrogen-bond acceptors (Lipinski definition) is 1. The summed E-state index contributed by atoms with van der Waals surface area (Å²) in [4.78, 5) is 2.41. The Morgan fingerprint density at radius 3 is 2.23 bits per heavy atom. The van der Waals surface area contributed by atoms with Gasteiger partial charge in [-0.15, -0.1) is 0 Å². The van der Waals surface area contributed by atoms with E-state index < -0.39 is 0 Å². The van der Waals surface area contributed by atoms with Gasteiger partial charge in [0.15, 0.2) is 0 Å². The number of likely N-dealkylation sites (tertiary alicyclic amines) is 1. The molecule has 1 heteroatoms. The Balaban J connectivity index is 0.000000671. The average Bonchev–Trinajstić information content (AvgIpc) is 2.20. The fraction of sp³-hybridized carbons (Fsp3) is 0.833. The third-order valence-electron chi connectivity index (χ3n) is 2.41. The van der Waals surface area contributed by atoms with Crippen molar-refractivity contribution in [2.45, 2.75) is 40.0 Å². The van der Waals surface area contributed by atoms with Crippen LogP contribution < -0.4 is 0 Å². The van der Waals surface area contributed by atoms with Crippen molar-refractivity contribution in [3.8, 4) is 0 Å². The fourth-order valence-electron chi connectivity index (χ4n) is 1.55. The zero-order valence-corrected chi connectivity index (χ0v) is 9.71. The molecular weight excluding hydrogens is 158 g/mol. The summed E-state index contributed by atoms with van der Waals surface area (Å²) < 4.78 is 0. The summed E-state index contributed by atoms with van der Waals surface area (Å²) in [6.07, 6.45) is 8.59. The van der Waals surface area contributed by atoms with Crippen molar-refractivity contribution in [3.63, 3.8) is 0 Å². The predicted octanol–water partition coefficient (Wildman–Crippen LogP) is 3.32. The lowest BCUT2D eigenvalue weighted by molar-refractivity contribution is 0.244. The van der Waals surface area contributed by atoms with Gasteiger partial charge >= 0.3 is 0 Å². The van der Waals surface area contributed by atoms with Gasteiger partial charge in [0.05, 0.1) is 0 Å². The van der Waals surface area contributed by atoms with Crippen LogP contribution in [0.5, 0.6) is 0 Å². The van der Waals surface area contributed by atoms with E-state index in [1.807, 2.05) is 13.8 Å². The molecule has 13 heavy (non-hydrogen) atoms. The second-order valence-corrected chi connectivity index (χ2v) is 3.48. The molecule has 1 aliphatic heterocycles. The predicted molar refractivity (Wildman–Crippen MR) is 61.0 cm³/mol. The highest BCUT2D eigenvalue weighted by Crippen LogP contribution is 2.16. The van der Waals surface area contributed by atoms with Crippen LogP contribution >= 0.6 is 0 Å². The molecule has 1 saturated heterocycles. The molecule has 0 aromatic rings. The smallest absolute Gasteiger partial charge is 0.00162 e. The molecule has 1 nitrogen and oxygen atoms in total. The molecule has 0 atom stereocenters. The second-order valence-electron chi connectivity index (χ2n) is 3.48. The van der Waals surface area contributed by atoms with E-state index in [9.17, 15) is 0 Å². The standard InChI is InChI=1S/C10H19N.C2H6/c1-3-4-5-10-6-8-11(2)9-7-10;1-2/h4-5,10H,3,6-9H2,1-2H3;1-2H3/b5-4-;. The van der Waals surface area contributed by atoms with Crippen LogP contribution in [0.25, 0.3) is 0 Å². The van der Waals surface area contributed by atoms with Gasteiger partial charge in [0.25, 0.3) is 0 Å². The zero-order chi connectivity index (χ0) is 10.1. The molecule has 0 bridgehead atoms. The van der Waals surface area contributed by atoms with E-state index in [2.05, 4.69) is 31.0 Å². The molecule has 0 aromatic heterocycles. The topological polar surface area (TPSA) is 3.24 Å². The molecule has 0 unspecified atom stereocenters. The van der Waals surface area contributed by atoms with Gasteiger partial charge < -0.3 is 4.90 Å². The summed E-state index contributed by atoms with van der Waals surface area (Å²) in [5, 5.41) is 0. The first-order valence-corrected chi connectivity index (χ1v) is 5.68. The largest absolute Gasteiger partial charge is 0.306 e. The van der Waals surface area contributed by atoms with E-state index in [1.54, 1.807) is 0 Å². The number of nitrogens with zero attached hydrogens (tertiary/aromatic N) is 1. The van der Waals surface area contributed by atoms with Gasteiger partial charge in [-0.05, 0) is 45.3 Å². The van der Waals surface area contributed by atoms with E-state index >= 15 is 0 Å². The van der Waals surface area contributed by atoms with Gasteiger partial charge in [-0.3, -0.25) is 0 Å². The first kappa shape index (κ1) is 12.7. The second kappa shape index (κ2) is 8.31. The lowest BCUT2D eigenvalue weighted by Crippen LogP contribution is -2.29. The van der Waals surface area contributed by atoms with Crippen molar-refractivity contribution < 1.29 is 0 Å². The van der Waals surface area contributed by atoms with E-state index in [-0.39, 0.29) is 0 Å². The van der Waals surface area contributed by atoms with Crippen LogP contribution in [0.1, 0.15) is 40.0 Å². The average molecular weight is 183 g/mol. The third-order valence-corrected chi connectivity index (χ3v) is 2.41. The summed E-state index contributed by atoms with van der Waals surface area (Å²) >= 11 is 0. The maximum Gasteiger partial charge on any atom is -0.00162 e. The van der Waals surface area contributed by atoms with Gasteiger partial charge in [0.1, 0.15) is 0 Å². The van der Waals surface area contributed by atoms with Crippen LogP contribution in [0.4, 0.5) is 0 Å². The highest BCUT2D eigenvalue weighted by molar-refractivity contribution is 4.90. The Morgan fingerprint density at radius 2 is 1.77 bits per heavy atom. The Kier molecular flexibility index (Phi) is 8.11. The number of hydrogen-bond donors (Lipinski definition) is 0. The fourth-order valence-corrected chi connectivity index (χ4v) is 1.55. The molecule has 1 aliphatic rings. The molecule has 0 radical (unpaired) electrons. The summed E-state index contributed by atoms with van der Waals surface area (Å²) in [6.45, 7) is 8.75. The van der Waals surface area contributed by atoms with Crippen molar-refractivity contribution in [2.24, 2.45) is 5.92 Å². The minimum Gasteiger partial charge on any atom is -0.306 e. The van der Waals surface area contributed by atoms with E-state index in [0.29, 0.717) is 0 Å². The molecule has 1 fully saturated rings. The minimum atomic E-state index is 0.867. The first-order valence-electron chi connectivity index (χ1n) is 5.68. The molecule has 78 valence electrons. The summed E-state index contributed by atoms with van der Waals surface area (Å²) in [5.74, 6) is 0.867. The van der Waals surface area contributed by atoms with Crippen LogP contribution in [0.3, 0.4) is 0 Å². The molecule has 0 saturated carbocycles. The zero-order valence-electron chi connectivity index (χ0n) is 9.71. The molecule has 1 rings (SSSR count). The molecule has 0 amide bonds. The van der Waals surface area contributed by atoms with Crippen LogP contribution in [0, 0.1) is 5.92 Å². The van der Waals surface area contributed by atoms with Gasteiger partial charge in [-0.25, -0.2) is 0 Å². The lowest BCUT2D eigenvalue weighted by atomic mass is 9.96. The molecule has 1 heterocycles. The van der Waals surface area contributed by atoms with Gasteiger partial charge in [0, 0.05) is 0 Å². The third kappa shape index (κ3) is 5.87. The molecular formula is C12H25N. The minimum absolute atomic E-state index is 0.867. The van der Waals surface area contributed by atoms with Crippen molar-refractivity contribution >= 4 is 0 Å². The first-order chi connectivity index (χ1) is 6.33. The monoisotopic (exact) mass is 183 g/mol. The molecule has 0 aromatic carbocycles. The highest BCUT2D eigenvalue weighted by Gasteiger charge is 2.12. The Bertz CT molecular complexity index is 121. The van der Waals surface area contributed by atoms with Crippen LogP contribution in [-0.4, -0.2) is 25.0 Å². The van der Waals surface area contributed by atoms with Crippen molar-refractivity contribution in [2.75, 3.05) is 20.1 Å². The van der Waals surface area contributed by atoms with Crippen molar-refractivity contribution in [1.29, 1.82) is 0 Å². The van der Waals surface area contributed by atoms with E-state index in [1.165, 1.54) is 32.4 Å². The van der Waals surface area contributed by atoms with Crippen molar-refractivity contribution in [3.05, 3.63) is 12.2 Å². The summed E-state index contributed by atoms with van der Waals surface area (Å²) in [6, 6.07) is 0. The van der Waals surface area contributed by atoms with Crippen LogP contribution in [0.15, 0.2) is 12.2 Å². The number of allylic oxidation sites excluding steroid dienone is 2. The lowest BCUT2D eigenvalue weighted by Gasteiger charge is -2.26. The van der Waals surface area contributed by atoms with E-state index in [4.69, 9.17) is 0 Å².